The van der Waals surface area contributed by atoms with E-state index in [1.54, 1.807) is 38.2 Å². The number of likely N-dealkylation sites (N-methyl/N-ethyl adjacent to an activating group) is 1. The van der Waals surface area contributed by atoms with Gasteiger partial charge in [0.05, 0.1) is 17.7 Å². The van der Waals surface area contributed by atoms with Crippen LogP contribution in [0.3, 0.4) is 0 Å². The highest BCUT2D eigenvalue weighted by atomic mass is 16.2. The number of carbonyl (C=O) groups is 1. The Morgan fingerprint density at radius 2 is 2.27 bits per heavy atom. The van der Waals surface area contributed by atoms with Crippen molar-refractivity contribution in [2.45, 2.75) is 13.0 Å². The maximum atomic E-state index is 11.6. The SMILES string of the molecule is C[C@H](N)C(=O)N(C)c1cccc(C#N)c1. The molecule has 0 unspecified atom stereocenters. The molecule has 1 rings (SSSR count). The molecule has 0 fully saturated rings. The number of carbonyl (C=O) groups excluding carboxylic acids is 1. The first-order valence-electron chi connectivity index (χ1n) is 4.59. The van der Waals surface area contributed by atoms with Gasteiger partial charge in [-0.1, -0.05) is 6.07 Å². The van der Waals surface area contributed by atoms with Gasteiger partial charge in [-0.2, -0.15) is 5.26 Å². The highest BCUT2D eigenvalue weighted by Gasteiger charge is 2.14. The van der Waals surface area contributed by atoms with Crippen LogP contribution in [0.25, 0.3) is 0 Å². The van der Waals surface area contributed by atoms with Crippen LogP contribution >= 0.6 is 0 Å². The van der Waals surface area contributed by atoms with E-state index in [0.717, 1.165) is 0 Å². The summed E-state index contributed by atoms with van der Waals surface area (Å²) in [5.74, 6) is -0.176. The first kappa shape index (κ1) is 11.2. The highest BCUT2D eigenvalue weighted by Crippen LogP contribution is 2.14. The summed E-state index contributed by atoms with van der Waals surface area (Å²) in [6, 6.07) is 8.32. The average Bonchev–Trinajstić information content (AvgIpc) is 2.27. The third-order valence-corrected chi connectivity index (χ3v) is 2.08. The second kappa shape index (κ2) is 4.58. The van der Waals surface area contributed by atoms with Crippen molar-refractivity contribution in [3.63, 3.8) is 0 Å². The average molecular weight is 203 g/mol. The fraction of sp³-hybridized carbons (Fsp3) is 0.273. The van der Waals surface area contributed by atoms with Crippen molar-refractivity contribution in [3.05, 3.63) is 29.8 Å². The van der Waals surface area contributed by atoms with E-state index in [9.17, 15) is 4.79 Å². The van der Waals surface area contributed by atoms with E-state index < -0.39 is 6.04 Å². The van der Waals surface area contributed by atoms with Crippen LogP contribution in [0.2, 0.25) is 0 Å². The summed E-state index contributed by atoms with van der Waals surface area (Å²) in [5, 5.41) is 8.71. The number of amides is 1. The smallest absolute Gasteiger partial charge is 0.243 e. The van der Waals surface area contributed by atoms with Gasteiger partial charge in [-0.3, -0.25) is 4.79 Å². The zero-order chi connectivity index (χ0) is 11.4. The fourth-order valence-electron chi connectivity index (χ4n) is 1.22. The molecule has 1 aromatic carbocycles. The molecule has 4 nitrogen and oxygen atoms in total. The summed E-state index contributed by atoms with van der Waals surface area (Å²) in [4.78, 5) is 13.0. The Hall–Kier alpha value is -1.86. The molecule has 0 bridgehead atoms. The Labute approximate surface area is 88.9 Å². The lowest BCUT2D eigenvalue weighted by atomic mass is 10.2. The monoisotopic (exact) mass is 203 g/mol. The van der Waals surface area contributed by atoms with Crippen LogP contribution in [0.15, 0.2) is 24.3 Å². The molecule has 0 aromatic heterocycles. The molecule has 0 spiro atoms. The molecule has 1 atom stereocenters. The number of rotatable bonds is 2. The number of nitrogens with zero attached hydrogens (tertiary/aromatic N) is 2. The molecule has 2 N–H and O–H groups in total. The van der Waals surface area contributed by atoms with Crippen LogP contribution < -0.4 is 10.6 Å². The highest BCUT2D eigenvalue weighted by molar-refractivity contribution is 5.96. The predicted octanol–water partition coefficient (Wildman–Crippen LogP) is 0.868. The number of hydrogen-bond acceptors (Lipinski definition) is 3. The van der Waals surface area contributed by atoms with E-state index in [-0.39, 0.29) is 5.91 Å². The maximum absolute atomic E-state index is 11.6. The second-order valence-corrected chi connectivity index (χ2v) is 3.35. The van der Waals surface area contributed by atoms with Crippen molar-refractivity contribution in [1.82, 2.24) is 0 Å². The number of nitrogens with two attached hydrogens (primary N) is 1. The predicted molar refractivity (Wildman–Crippen MR) is 58.2 cm³/mol. The van der Waals surface area contributed by atoms with Crippen LogP contribution in [0.5, 0.6) is 0 Å². The second-order valence-electron chi connectivity index (χ2n) is 3.35. The molecule has 0 saturated heterocycles. The Morgan fingerprint density at radius 1 is 1.60 bits per heavy atom. The topological polar surface area (TPSA) is 70.1 Å². The van der Waals surface area contributed by atoms with Gasteiger partial charge in [0.25, 0.3) is 0 Å². The van der Waals surface area contributed by atoms with Gasteiger partial charge in [0, 0.05) is 12.7 Å². The molecule has 1 aromatic rings. The number of benzene rings is 1. The minimum absolute atomic E-state index is 0.176. The molecule has 1 amide bonds. The molecule has 0 saturated carbocycles. The van der Waals surface area contributed by atoms with Crippen molar-refractivity contribution >= 4 is 11.6 Å². The Bertz CT molecular complexity index is 407. The van der Waals surface area contributed by atoms with Gasteiger partial charge < -0.3 is 10.6 Å². The standard InChI is InChI=1S/C11H13N3O/c1-8(13)11(15)14(2)10-5-3-4-9(6-10)7-12/h3-6,8H,13H2,1-2H3/t8-/m0/s1. The van der Waals surface area contributed by atoms with Gasteiger partial charge in [0.1, 0.15) is 0 Å². The third kappa shape index (κ3) is 2.55. The van der Waals surface area contributed by atoms with E-state index in [1.807, 2.05) is 6.07 Å². The van der Waals surface area contributed by atoms with Crippen LogP contribution in [0, 0.1) is 11.3 Å². The molecule has 15 heavy (non-hydrogen) atoms. The molecular formula is C11H13N3O. The first-order chi connectivity index (χ1) is 7.06. The molecule has 0 aliphatic carbocycles. The lowest BCUT2D eigenvalue weighted by molar-refractivity contribution is -0.119. The van der Waals surface area contributed by atoms with E-state index in [0.29, 0.717) is 11.3 Å². The van der Waals surface area contributed by atoms with Crippen molar-refractivity contribution in [2.24, 2.45) is 5.73 Å². The zero-order valence-corrected chi connectivity index (χ0v) is 8.77. The lowest BCUT2D eigenvalue weighted by Crippen LogP contribution is -2.39. The molecular weight excluding hydrogens is 190 g/mol. The maximum Gasteiger partial charge on any atom is 0.243 e. The third-order valence-electron chi connectivity index (χ3n) is 2.08. The summed E-state index contributed by atoms with van der Waals surface area (Å²) in [6.07, 6.45) is 0. The van der Waals surface area contributed by atoms with Crippen molar-refractivity contribution in [3.8, 4) is 6.07 Å². The van der Waals surface area contributed by atoms with Gasteiger partial charge in [-0.25, -0.2) is 0 Å². The fourth-order valence-corrected chi connectivity index (χ4v) is 1.22. The Morgan fingerprint density at radius 3 is 2.80 bits per heavy atom. The van der Waals surface area contributed by atoms with Gasteiger partial charge in [0.15, 0.2) is 0 Å². The molecule has 0 radical (unpaired) electrons. The van der Waals surface area contributed by atoms with Crippen molar-refractivity contribution in [2.75, 3.05) is 11.9 Å². The van der Waals surface area contributed by atoms with Crippen LogP contribution in [-0.2, 0) is 4.79 Å². The zero-order valence-electron chi connectivity index (χ0n) is 8.77. The van der Waals surface area contributed by atoms with E-state index in [4.69, 9.17) is 11.0 Å². The molecule has 0 aliphatic heterocycles. The Kier molecular flexibility index (Phi) is 3.42. The van der Waals surface area contributed by atoms with Gasteiger partial charge in [-0.15, -0.1) is 0 Å². The van der Waals surface area contributed by atoms with Gasteiger partial charge in [-0.05, 0) is 25.1 Å². The first-order valence-corrected chi connectivity index (χ1v) is 4.59. The largest absolute Gasteiger partial charge is 0.320 e. The number of nitriles is 1. The van der Waals surface area contributed by atoms with Crippen molar-refractivity contribution < 1.29 is 4.79 Å². The van der Waals surface area contributed by atoms with Gasteiger partial charge in [0.2, 0.25) is 5.91 Å². The van der Waals surface area contributed by atoms with Crippen LogP contribution in [-0.4, -0.2) is 19.0 Å². The Balaban J connectivity index is 2.97. The number of anilines is 1. The molecule has 4 heteroatoms. The minimum Gasteiger partial charge on any atom is -0.320 e. The quantitative estimate of drug-likeness (QED) is 0.775. The summed E-state index contributed by atoms with van der Waals surface area (Å²) in [6.45, 7) is 1.63. The molecule has 0 heterocycles. The van der Waals surface area contributed by atoms with Crippen molar-refractivity contribution in [1.29, 1.82) is 5.26 Å². The van der Waals surface area contributed by atoms with E-state index >= 15 is 0 Å². The lowest BCUT2D eigenvalue weighted by Gasteiger charge is -2.19. The summed E-state index contributed by atoms with van der Waals surface area (Å²) in [7, 11) is 1.64. The molecule has 0 aliphatic rings. The summed E-state index contributed by atoms with van der Waals surface area (Å²) < 4.78 is 0. The molecule has 78 valence electrons. The normalized spacial score (nSPS) is 11.6. The van der Waals surface area contributed by atoms with E-state index in [2.05, 4.69) is 0 Å². The van der Waals surface area contributed by atoms with E-state index in [1.165, 1.54) is 4.90 Å². The van der Waals surface area contributed by atoms with Crippen LogP contribution in [0.1, 0.15) is 12.5 Å². The number of hydrogen-bond donors (Lipinski definition) is 1. The summed E-state index contributed by atoms with van der Waals surface area (Å²) >= 11 is 0. The van der Waals surface area contributed by atoms with Gasteiger partial charge >= 0.3 is 0 Å². The van der Waals surface area contributed by atoms with Crippen LogP contribution in [0.4, 0.5) is 5.69 Å². The summed E-state index contributed by atoms with van der Waals surface area (Å²) in [5.41, 5.74) is 6.69. The minimum atomic E-state index is -0.541.